The molecule has 19 nitrogen and oxygen atoms in total. The molecule has 0 spiro atoms. The largest absolute Gasteiger partial charge is 0.391 e. The second-order valence-corrected chi connectivity index (χ2v) is 22.4. The molecule has 2 fully saturated rings. The topological polar surface area (TPSA) is 219 Å². The minimum Gasteiger partial charge on any atom is -0.391 e. The molecule has 408 valence electrons. The number of rotatable bonds is 16. The molecule has 76 heavy (non-hydrogen) atoms. The molecule has 1 unspecified atom stereocenters. The molecule has 5 aliphatic rings. The number of nitrogens with zero attached hydrogens (tertiary/aromatic N) is 8. The Morgan fingerprint density at radius 3 is 2.45 bits per heavy atom. The Kier molecular flexibility index (Phi) is 16.7. The van der Waals surface area contributed by atoms with Crippen molar-refractivity contribution in [3.05, 3.63) is 81.1 Å². The number of aromatic nitrogens is 3. The number of urea groups is 1. The maximum absolute atomic E-state index is 15.1. The third-order valence-corrected chi connectivity index (χ3v) is 16.2. The van der Waals surface area contributed by atoms with Crippen molar-refractivity contribution in [1.82, 2.24) is 50.8 Å². The van der Waals surface area contributed by atoms with Crippen molar-refractivity contribution < 1.29 is 42.6 Å². The molecular formula is C54H70F2N12O7S. The fourth-order valence-electron chi connectivity index (χ4n) is 11.1. The number of fused-ring (bicyclic) bond motifs is 2. The molecule has 2 aromatic heterocycles. The van der Waals surface area contributed by atoms with Gasteiger partial charge in [-0.25, -0.2) is 18.6 Å². The number of aliphatic hydroxyl groups is 1. The van der Waals surface area contributed by atoms with Crippen LogP contribution in [-0.4, -0.2) is 148 Å². The SMILES string of the molecule is CNC(=O)N1CCc2c(c(N3CCCc4cc(C5C=NN(CCNC(=O)CCC(=O)N[C@H](C(=O)N6C[C@@H](O)C[C@H]6C(=O)NCc6ccc(-c7scnc7C)cc6)C(C)(C)C)C5)c(C(F)F)cc43)nn2C2CCOCC2)C1. The minimum atomic E-state index is -2.76. The van der Waals surface area contributed by atoms with Crippen LogP contribution < -0.4 is 26.2 Å². The maximum atomic E-state index is 15.1. The van der Waals surface area contributed by atoms with Gasteiger partial charge in [0, 0.05) is 120 Å². The standard InChI is InChI=1S/C54H70F2N12O7S/c1-32-47(76-31-60-32)34-10-8-33(9-11-34)26-59-51(72)44-24-38(69)29-67(44)52(73)48(54(2,3)4)62-46(71)13-12-45(70)58-17-20-65-28-36(27-61-65)39-23-35-7-6-18-66(43(35)25-40(39)49(55)56)50-41-30-64(53(74)57-5)19-14-42(41)68(63-50)37-15-21-75-22-16-37/h8-11,23,25,27,31,36-38,44,48-49,69H,6-7,12-22,24,26,28-30H2,1-5H3,(H,57,74)(H,58,70)(H,59,72)(H,62,71)/t36?,38-,44-,48+/m0/s1. The molecule has 2 saturated heterocycles. The summed E-state index contributed by atoms with van der Waals surface area (Å²) in [4.78, 5) is 77.4. The number of thiazole rings is 1. The summed E-state index contributed by atoms with van der Waals surface area (Å²) in [6.45, 7) is 11.1. The predicted molar refractivity (Wildman–Crippen MR) is 283 cm³/mol. The van der Waals surface area contributed by atoms with Gasteiger partial charge >= 0.3 is 6.03 Å². The van der Waals surface area contributed by atoms with Crippen molar-refractivity contribution in [2.24, 2.45) is 10.5 Å². The Bertz CT molecular complexity index is 2810. The van der Waals surface area contributed by atoms with E-state index in [0.717, 1.165) is 57.8 Å². The van der Waals surface area contributed by atoms with Crippen LogP contribution in [0.5, 0.6) is 0 Å². The Morgan fingerprint density at radius 1 is 0.974 bits per heavy atom. The molecule has 4 atom stereocenters. The number of aliphatic hydroxyl groups excluding tert-OH is 1. The van der Waals surface area contributed by atoms with Crippen LogP contribution in [-0.2, 0) is 49.8 Å². The van der Waals surface area contributed by atoms with Gasteiger partial charge in [-0.05, 0) is 66.3 Å². The van der Waals surface area contributed by atoms with Crippen LogP contribution in [0, 0.1) is 12.3 Å². The smallest absolute Gasteiger partial charge is 0.317 e. The average Bonchev–Trinajstić information content (AvgIpc) is 4.24. The Morgan fingerprint density at radius 2 is 1.74 bits per heavy atom. The summed E-state index contributed by atoms with van der Waals surface area (Å²) in [5.74, 6) is -1.53. The summed E-state index contributed by atoms with van der Waals surface area (Å²) < 4.78 is 38.0. The van der Waals surface area contributed by atoms with E-state index >= 15 is 8.78 Å². The normalized spacial score (nSPS) is 20.1. The highest BCUT2D eigenvalue weighted by Gasteiger charge is 2.45. The van der Waals surface area contributed by atoms with E-state index < -0.39 is 53.7 Å². The molecule has 0 radical (unpaired) electrons. The number of carbonyl (C=O) groups is 5. The second-order valence-electron chi connectivity index (χ2n) is 21.5. The molecule has 5 N–H and O–H groups in total. The first-order chi connectivity index (χ1) is 36.5. The van der Waals surface area contributed by atoms with Gasteiger partial charge in [0.1, 0.15) is 12.1 Å². The number of halogens is 2. The average molecular weight is 1070 g/mol. The van der Waals surface area contributed by atoms with E-state index in [0.29, 0.717) is 75.8 Å². The van der Waals surface area contributed by atoms with Gasteiger partial charge in [0.15, 0.2) is 5.82 Å². The zero-order valence-electron chi connectivity index (χ0n) is 43.9. The molecule has 0 saturated carbocycles. The molecule has 4 aromatic rings. The Balaban J connectivity index is 0.769. The van der Waals surface area contributed by atoms with Crippen LogP contribution in [0.15, 0.2) is 47.0 Å². The highest BCUT2D eigenvalue weighted by atomic mass is 32.1. The number of hydrogen-bond acceptors (Lipinski definition) is 13. The number of alkyl halides is 2. The number of amides is 6. The van der Waals surface area contributed by atoms with Crippen molar-refractivity contribution in [2.75, 3.05) is 64.4 Å². The van der Waals surface area contributed by atoms with Crippen LogP contribution in [0.2, 0.25) is 0 Å². The fraction of sp³-hybridized carbons (Fsp3) is 0.556. The molecule has 9 rings (SSSR count). The van der Waals surface area contributed by atoms with E-state index in [1.807, 2.05) is 37.3 Å². The van der Waals surface area contributed by atoms with Gasteiger partial charge in [-0.3, -0.25) is 28.9 Å². The summed E-state index contributed by atoms with van der Waals surface area (Å²) in [5, 5.41) is 33.4. The lowest BCUT2D eigenvalue weighted by Crippen LogP contribution is -2.57. The van der Waals surface area contributed by atoms with Gasteiger partial charge in [-0.2, -0.15) is 10.2 Å². The van der Waals surface area contributed by atoms with Gasteiger partial charge in [0.05, 0.1) is 41.3 Å². The first kappa shape index (κ1) is 54.3. The summed E-state index contributed by atoms with van der Waals surface area (Å²) in [5.41, 5.74) is 7.95. The van der Waals surface area contributed by atoms with Crippen LogP contribution in [0.25, 0.3) is 10.4 Å². The summed E-state index contributed by atoms with van der Waals surface area (Å²) in [6, 6.07) is 9.28. The number of ether oxygens (including phenoxy) is 1. The molecule has 22 heteroatoms. The van der Waals surface area contributed by atoms with E-state index in [1.165, 1.54) is 4.90 Å². The van der Waals surface area contributed by atoms with Crippen molar-refractivity contribution in [3.8, 4) is 10.4 Å². The highest BCUT2D eigenvalue weighted by Crippen LogP contribution is 2.43. The first-order valence-electron chi connectivity index (χ1n) is 26.4. The van der Waals surface area contributed by atoms with Crippen LogP contribution in [0.4, 0.5) is 25.1 Å². The van der Waals surface area contributed by atoms with E-state index in [1.54, 1.807) is 66.9 Å². The van der Waals surface area contributed by atoms with E-state index in [9.17, 15) is 29.1 Å². The fourth-order valence-corrected chi connectivity index (χ4v) is 11.9. The van der Waals surface area contributed by atoms with Crippen LogP contribution in [0.3, 0.4) is 0 Å². The van der Waals surface area contributed by atoms with Crippen molar-refractivity contribution in [1.29, 1.82) is 0 Å². The second kappa shape index (κ2) is 23.4. The Hall–Kier alpha value is -6.52. The summed E-state index contributed by atoms with van der Waals surface area (Å²) >= 11 is 1.56. The van der Waals surface area contributed by atoms with E-state index in [2.05, 4.69) is 40.9 Å². The number of hydrogen-bond donors (Lipinski definition) is 5. The zero-order valence-corrected chi connectivity index (χ0v) is 44.8. The summed E-state index contributed by atoms with van der Waals surface area (Å²) in [6.07, 6.45) is 1.46. The van der Waals surface area contributed by atoms with Gasteiger partial charge < -0.3 is 45.8 Å². The first-order valence-corrected chi connectivity index (χ1v) is 27.3. The van der Waals surface area contributed by atoms with Crippen molar-refractivity contribution in [2.45, 2.75) is 129 Å². The minimum absolute atomic E-state index is 0.0511. The molecule has 6 amide bonds. The molecule has 0 aliphatic carbocycles. The van der Waals surface area contributed by atoms with Crippen molar-refractivity contribution in [3.63, 3.8) is 0 Å². The van der Waals surface area contributed by atoms with Gasteiger partial charge in [-0.1, -0.05) is 51.1 Å². The lowest BCUT2D eigenvalue weighted by atomic mass is 9.85. The molecular weight excluding hydrogens is 999 g/mol. The number of β-amino-alcohol motifs (C(OH)–C–C–N with tert-alkyl or cyclic N) is 1. The molecule has 5 aliphatic heterocycles. The zero-order chi connectivity index (χ0) is 53.8. The number of hydrazone groups is 1. The molecule has 7 heterocycles. The number of nitrogens with one attached hydrogen (secondary N) is 4. The van der Waals surface area contributed by atoms with E-state index in [4.69, 9.17) is 9.84 Å². The maximum Gasteiger partial charge on any atom is 0.317 e. The highest BCUT2D eigenvalue weighted by molar-refractivity contribution is 7.13. The quantitative estimate of drug-likeness (QED) is 0.0947. The van der Waals surface area contributed by atoms with Gasteiger partial charge in [0.2, 0.25) is 23.6 Å². The number of anilines is 2. The number of benzene rings is 2. The third-order valence-electron chi connectivity index (χ3n) is 15.2. The predicted octanol–water partition coefficient (Wildman–Crippen LogP) is 5.48. The molecule has 2 aromatic carbocycles. The van der Waals surface area contributed by atoms with Crippen LogP contribution in [0.1, 0.15) is 117 Å². The van der Waals surface area contributed by atoms with Gasteiger partial charge in [-0.15, -0.1) is 11.3 Å². The van der Waals surface area contributed by atoms with Crippen molar-refractivity contribution >= 4 is 58.7 Å². The van der Waals surface area contributed by atoms with E-state index in [-0.39, 0.29) is 62.4 Å². The third kappa shape index (κ3) is 12.0. The number of carbonyl (C=O) groups excluding carboxylic acids is 5. The number of aryl methyl sites for hydroxylation is 2. The monoisotopic (exact) mass is 1070 g/mol. The lowest BCUT2D eigenvalue weighted by molar-refractivity contribution is -0.144. The Labute approximate surface area is 445 Å². The lowest BCUT2D eigenvalue weighted by Gasteiger charge is -2.35. The molecule has 0 bridgehead atoms. The van der Waals surface area contributed by atoms with Crippen LogP contribution >= 0.6 is 11.3 Å². The van der Waals surface area contributed by atoms with Gasteiger partial charge in [0.25, 0.3) is 6.43 Å². The summed E-state index contributed by atoms with van der Waals surface area (Å²) in [7, 11) is 1.61. The number of likely N-dealkylation sites (tertiary alicyclic amines) is 1.